The normalized spacial score (nSPS) is 14.8. The lowest BCUT2D eigenvalue weighted by molar-refractivity contribution is -0.122. The summed E-state index contributed by atoms with van der Waals surface area (Å²) < 4.78 is 22.4. The molecule has 1 aliphatic heterocycles. The van der Waals surface area contributed by atoms with E-state index in [1.807, 2.05) is 24.3 Å². The van der Waals surface area contributed by atoms with Gasteiger partial charge in [0, 0.05) is 18.5 Å². The first kappa shape index (κ1) is 23.0. The van der Waals surface area contributed by atoms with Crippen LogP contribution in [-0.4, -0.2) is 26.8 Å². The fourth-order valence-electron chi connectivity index (χ4n) is 3.98. The van der Waals surface area contributed by atoms with Crippen molar-refractivity contribution in [1.29, 1.82) is 0 Å². The molecule has 33 heavy (non-hydrogen) atoms. The number of carbonyl (C=O) groups is 1. The molecule has 0 saturated heterocycles. The molecule has 0 saturated carbocycles. The lowest BCUT2D eigenvalue weighted by Gasteiger charge is -2.20. The number of aryl methyl sites for hydroxylation is 1. The quantitative estimate of drug-likeness (QED) is 0.556. The first-order chi connectivity index (χ1) is 15.7. The summed E-state index contributed by atoms with van der Waals surface area (Å²) in [4.78, 5) is 12.7. The van der Waals surface area contributed by atoms with Gasteiger partial charge in [-0.05, 0) is 61.1 Å². The smallest absolute Gasteiger partial charge is 0.265 e. The molecule has 2 aromatic carbocycles. The number of ether oxygens (including phenoxy) is 1. The summed E-state index contributed by atoms with van der Waals surface area (Å²) >= 11 is 0. The molecule has 1 unspecified atom stereocenters. The standard InChI is InChI=1S/C26H31FN4O2/c1-17(33-20-12-10-19(11-13-20)26(2,3)4)25(32)28-22-16-18(9-14-21(22)27)24-30-29-23-8-6-5-7-15-31(23)24/h9-14,16-17H,5-8,15H2,1-4H3,(H,28,32). The van der Waals surface area contributed by atoms with Crippen molar-refractivity contribution in [2.45, 2.75) is 71.4 Å². The molecule has 6 nitrogen and oxygen atoms in total. The molecule has 4 rings (SSSR count). The molecule has 1 aromatic heterocycles. The minimum absolute atomic E-state index is 0.0345. The zero-order valence-corrected chi connectivity index (χ0v) is 19.7. The Balaban J connectivity index is 1.47. The van der Waals surface area contributed by atoms with Gasteiger partial charge in [0.25, 0.3) is 5.91 Å². The largest absolute Gasteiger partial charge is 0.481 e. The predicted octanol–water partition coefficient (Wildman–Crippen LogP) is 5.51. The highest BCUT2D eigenvalue weighted by Crippen LogP contribution is 2.27. The molecule has 7 heteroatoms. The number of halogens is 1. The molecule has 0 spiro atoms. The lowest BCUT2D eigenvalue weighted by atomic mass is 9.87. The average molecular weight is 451 g/mol. The summed E-state index contributed by atoms with van der Waals surface area (Å²) in [5.74, 6) is 1.31. The van der Waals surface area contributed by atoms with Gasteiger partial charge in [-0.2, -0.15) is 0 Å². The van der Waals surface area contributed by atoms with E-state index in [1.165, 1.54) is 11.6 Å². The highest BCUT2D eigenvalue weighted by atomic mass is 19.1. The molecule has 1 N–H and O–H groups in total. The van der Waals surface area contributed by atoms with Crippen molar-refractivity contribution in [3.8, 4) is 17.1 Å². The molecule has 1 atom stereocenters. The zero-order chi connectivity index (χ0) is 23.6. The van der Waals surface area contributed by atoms with E-state index in [1.54, 1.807) is 19.1 Å². The molecule has 174 valence electrons. The van der Waals surface area contributed by atoms with Crippen LogP contribution < -0.4 is 10.1 Å². The highest BCUT2D eigenvalue weighted by Gasteiger charge is 2.20. The van der Waals surface area contributed by atoms with E-state index in [9.17, 15) is 9.18 Å². The summed E-state index contributed by atoms with van der Waals surface area (Å²) in [6.45, 7) is 8.90. The number of anilines is 1. The summed E-state index contributed by atoms with van der Waals surface area (Å²) in [7, 11) is 0. The van der Waals surface area contributed by atoms with Gasteiger partial charge in [0.05, 0.1) is 5.69 Å². The summed E-state index contributed by atoms with van der Waals surface area (Å²) in [6, 6.07) is 12.3. The predicted molar refractivity (Wildman–Crippen MR) is 127 cm³/mol. The number of benzene rings is 2. The number of amides is 1. The molecule has 0 fully saturated rings. The van der Waals surface area contributed by atoms with Crippen LogP contribution in [0.4, 0.5) is 10.1 Å². The van der Waals surface area contributed by atoms with Crippen molar-refractivity contribution < 1.29 is 13.9 Å². The van der Waals surface area contributed by atoms with Crippen LogP contribution in [0.3, 0.4) is 0 Å². The number of carbonyl (C=O) groups excluding carboxylic acids is 1. The molecule has 2 heterocycles. The fraction of sp³-hybridized carbons (Fsp3) is 0.423. The first-order valence-corrected chi connectivity index (χ1v) is 11.5. The Morgan fingerprint density at radius 1 is 1.09 bits per heavy atom. The van der Waals surface area contributed by atoms with Gasteiger partial charge in [-0.25, -0.2) is 4.39 Å². The van der Waals surface area contributed by atoms with Crippen molar-refractivity contribution in [3.63, 3.8) is 0 Å². The van der Waals surface area contributed by atoms with Gasteiger partial charge in [0.1, 0.15) is 17.4 Å². The van der Waals surface area contributed by atoms with Crippen LogP contribution >= 0.6 is 0 Å². The van der Waals surface area contributed by atoms with E-state index in [0.29, 0.717) is 11.6 Å². The number of nitrogens with one attached hydrogen (secondary N) is 1. The zero-order valence-electron chi connectivity index (χ0n) is 19.7. The molecular formula is C26H31FN4O2. The van der Waals surface area contributed by atoms with Crippen LogP contribution in [0.2, 0.25) is 0 Å². The minimum Gasteiger partial charge on any atom is -0.481 e. The Bertz CT molecular complexity index is 1130. The van der Waals surface area contributed by atoms with Crippen molar-refractivity contribution in [1.82, 2.24) is 14.8 Å². The molecule has 0 aliphatic carbocycles. The number of rotatable bonds is 5. The van der Waals surface area contributed by atoms with Crippen LogP contribution in [0, 0.1) is 5.82 Å². The molecular weight excluding hydrogens is 419 g/mol. The maximum Gasteiger partial charge on any atom is 0.265 e. The maximum atomic E-state index is 14.5. The monoisotopic (exact) mass is 450 g/mol. The minimum atomic E-state index is -0.794. The van der Waals surface area contributed by atoms with Crippen LogP contribution in [0.1, 0.15) is 58.3 Å². The van der Waals surface area contributed by atoms with Gasteiger partial charge < -0.3 is 14.6 Å². The third-order valence-electron chi connectivity index (χ3n) is 5.99. The number of nitrogens with zero attached hydrogens (tertiary/aromatic N) is 3. The number of fused-ring (bicyclic) bond motifs is 1. The Hall–Kier alpha value is -3.22. The van der Waals surface area contributed by atoms with Crippen LogP contribution in [0.5, 0.6) is 5.75 Å². The Labute approximate surface area is 194 Å². The van der Waals surface area contributed by atoms with Crippen LogP contribution in [0.25, 0.3) is 11.4 Å². The van der Waals surface area contributed by atoms with E-state index in [4.69, 9.17) is 4.74 Å². The molecule has 1 amide bonds. The molecule has 0 radical (unpaired) electrons. The fourth-order valence-corrected chi connectivity index (χ4v) is 3.98. The topological polar surface area (TPSA) is 69.0 Å². The van der Waals surface area contributed by atoms with Crippen molar-refractivity contribution in [3.05, 3.63) is 59.7 Å². The highest BCUT2D eigenvalue weighted by molar-refractivity contribution is 5.94. The van der Waals surface area contributed by atoms with Crippen molar-refractivity contribution in [2.24, 2.45) is 0 Å². The Morgan fingerprint density at radius 2 is 1.85 bits per heavy atom. The van der Waals surface area contributed by atoms with Gasteiger partial charge in [0.2, 0.25) is 0 Å². The summed E-state index contributed by atoms with van der Waals surface area (Å²) in [5, 5.41) is 11.3. The van der Waals surface area contributed by atoms with Gasteiger partial charge in [-0.3, -0.25) is 4.79 Å². The summed E-state index contributed by atoms with van der Waals surface area (Å²) in [6.07, 6.45) is 3.42. The second kappa shape index (κ2) is 9.33. The van der Waals surface area contributed by atoms with E-state index < -0.39 is 17.8 Å². The number of hydrogen-bond acceptors (Lipinski definition) is 4. The second-order valence-corrected chi connectivity index (χ2v) is 9.62. The van der Waals surface area contributed by atoms with Crippen LogP contribution in [-0.2, 0) is 23.2 Å². The Morgan fingerprint density at radius 3 is 2.58 bits per heavy atom. The van der Waals surface area contributed by atoms with E-state index in [2.05, 4.69) is 40.9 Å². The van der Waals surface area contributed by atoms with Gasteiger partial charge in [0.15, 0.2) is 11.9 Å². The number of aromatic nitrogens is 3. The van der Waals surface area contributed by atoms with Crippen molar-refractivity contribution >= 4 is 11.6 Å². The van der Waals surface area contributed by atoms with E-state index in [0.717, 1.165) is 43.6 Å². The third kappa shape index (κ3) is 5.24. The molecule has 0 bridgehead atoms. The molecule has 1 aliphatic rings. The van der Waals surface area contributed by atoms with Crippen LogP contribution in [0.15, 0.2) is 42.5 Å². The van der Waals surface area contributed by atoms with Gasteiger partial charge in [-0.15, -0.1) is 10.2 Å². The third-order valence-corrected chi connectivity index (χ3v) is 5.99. The summed E-state index contributed by atoms with van der Waals surface area (Å²) in [5.41, 5.74) is 2.03. The lowest BCUT2D eigenvalue weighted by Crippen LogP contribution is -2.30. The van der Waals surface area contributed by atoms with Gasteiger partial charge >= 0.3 is 0 Å². The van der Waals surface area contributed by atoms with E-state index >= 15 is 0 Å². The Kier molecular flexibility index (Phi) is 6.49. The van der Waals surface area contributed by atoms with Crippen molar-refractivity contribution in [2.75, 3.05) is 5.32 Å². The average Bonchev–Trinajstić information content (AvgIpc) is 3.03. The van der Waals surface area contributed by atoms with E-state index in [-0.39, 0.29) is 11.1 Å². The number of hydrogen-bond donors (Lipinski definition) is 1. The second-order valence-electron chi connectivity index (χ2n) is 9.62. The maximum absolute atomic E-state index is 14.5. The first-order valence-electron chi connectivity index (χ1n) is 11.5. The van der Waals surface area contributed by atoms with Gasteiger partial charge in [-0.1, -0.05) is 39.3 Å². The molecule has 3 aromatic rings. The SMILES string of the molecule is CC(Oc1ccc(C(C)(C)C)cc1)C(=O)Nc1cc(-c2nnc3n2CCCCC3)ccc1F.